The summed E-state index contributed by atoms with van der Waals surface area (Å²) in [7, 11) is 0. The molecule has 0 fully saturated rings. The Labute approximate surface area is 136 Å². The molecule has 0 heterocycles. The summed E-state index contributed by atoms with van der Waals surface area (Å²) >= 11 is 0. The molecule has 126 valence electrons. The Hall–Kier alpha value is -2.37. The third-order valence-electron chi connectivity index (χ3n) is 3.09. The highest BCUT2D eigenvalue weighted by molar-refractivity contribution is 5.98. The number of ether oxygens (including phenoxy) is 1. The van der Waals surface area contributed by atoms with Crippen LogP contribution in [0.4, 0.5) is 10.5 Å². The van der Waals surface area contributed by atoms with Gasteiger partial charge in [0.25, 0.3) is 0 Å². The van der Waals surface area contributed by atoms with E-state index in [2.05, 4.69) is 10.6 Å². The molecule has 6 heteroatoms. The van der Waals surface area contributed by atoms with Crippen molar-refractivity contribution in [2.24, 2.45) is 0 Å². The van der Waals surface area contributed by atoms with Gasteiger partial charge in [0.1, 0.15) is 0 Å². The van der Waals surface area contributed by atoms with Crippen molar-refractivity contribution >= 4 is 23.5 Å². The third kappa shape index (κ3) is 7.99. The first-order chi connectivity index (χ1) is 11.0. The van der Waals surface area contributed by atoms with E-state index in [1.807, 2.05) is 6.92 Å². The Morgan fingerprint density at radius 3 is 2.65 bits per heavy atom. The highest BCUT2D eigenvalue weighted by atomic mass is 16.5. The van der Waals surface area contributed by atoms with Gasteiger partial charge >= 0.3 is 6.09 Å². The number of carbonyl (C=O) groups is 3. The molecule has 0 radical (unpaired) electrons. The van der Waals surface area contributed by atoms with Crippen molar-refractivity contribution < 1.29 is 19.1 Å². The summed E-state index contributed by atoms with van der Waals surface area (Å²) in [6, 6.07) is 6.78. The summed E-state index contributed by atoms with van der Waals surface area (Å²) < 4.78 is 4.99. The van der Waals surface area contributed by atoms with Crippen molar-refractivity contribution in [3.8, 4) is 0 Å². The average molecular weight is 320 g/mol. The Kier molecular flexibility index (Phi) is 8.42. The Balaban J connectivity index is 2.31. The molecule has 0 aliphatic carbocycles. The lowest BCUT2D eigenvalue weighted by atomic mass is 10.1. The fourth-order valence-corrected chi connectivity index (χ4v) is 1.93. The zero-order chi connectivity index (χ0) is 17.1. The van der Waals surface area contributed by atoms with Crippen molar-refractivity contribution in [3.05, 3.63) is 29.8 Å². The van der Waals surface area contributed by atoms with Crippen molar-refractivity contribution in [2.75, 3.05) is 18.5 Å². The summed E-state index contributed by atoms with van der Waals surface area (Å²) in [4.78, 5) is 34.4. The van der Waals surface area contributed by atoms with Gasteiger partial charge in [-0.05, 0) is 25.0 Å². The van der Waals surface area contributed by atoms with Crippen LogP contribution in [0.1, 0.15) is 49.9 Å². The van der Waals surface area contributed by atoms with Gasteiger partial charge in [0.2, 0.25) is 5.91 Å². The molecule has 23 heavy (non-hydrogen) atoms. The van der Waals surface area contributed by atoms with Gasteiger partial charge in [-0.25, -0.2) is 4.79 Å². The number of Topliss-reactive ketones (excluding diaryl/α,β-unsaturated/α-hetero) is 1. The van der Waals surface area contributed by atoms with E-state index in [4.69, 9.17) is 4.74 Å². The van der Waals surface area contributed by atoms with E-state index >= 15 is 0 Å². The minimum Gasteiger partial charge on any atom is -0.450 e. The van der Waals surface area contributed by atoms with Crippen LogP contribution in [-0.4, -0.2) is 30.9 Å². The molecule has 0 bridgehead atoms. The molecule has 0 aliphatic heterocycles. The first-order valence-electron chi connectivity index (χ1n) is 7.84. The molecule has 0 atom stereocenters. The highest BCUT2D eigenvalue weighted by Gasteiger charge is 2.08. The van der Waals surface area contributed by atoms with Crippen LogP contribution in [0.3, 0.4) is 0 Å². The van der Waals surface area contributed by atoms with Gasteiger partial charge in [0, 0.05) is 31.1 Å². The van der Waals surface area contributed by atoms with E-state index in [0.29, 0.717) is 24.2 Å². The minimum absolute atomic E-state index is 0.0489. The molecule has 0 aliphatic rings. The van der Waals surface area contributed by atoms with Crippen LogP contribution < -0.4 is 10.6 Å². The van der Waals surface area contributed by atoms with E-state index in [-0.39, 0.29) is 24.7 Å². The van der Waals surface area contributed by atoms with Crippen LogP contribution in [0, 0.1) is 0 Å². The predicted molar refractivity (Wildman–Crippen MR) is 88.6 cm³/mol. The predicted octanol–water partition coefficient (Wildman–Crippen LogP) is 3.13. The number of amides is 2. The topological polar surface area (TPSA) is 84.5 Å². The standard InChI is InChI=1S/C17H24N2O4/c1-3-4-10-18-17(22)23-11-6-9-16(21)14-7-5-8-15(12-14)19-13(2)20/h5,7-8,12H,3-4,6,9-11H2,1-2H3,(H,18,22)(H,19,20). The molecule has 2 amide bonds. The lowest BCUT2D eigenvalue weighted by molar-refractivity contribution is -0.114. The summed E-state index contributed by atoms with van der Waals surface area (Å²) in [5.41, 5.74) is 1.12. The van der Waals surface area contributed by atoms with Crippen molar-refractivity contribution in [2.45, 2.75) is 39.5 Å². The molecular formula is C17H24N2O4. The Morgan fingerprint density at radius 1 is 1.17 bits per heavy atom. The summed E-state index contributed by atoms with van der Waals surface area (Å²) in [5.74, 6) is -0.232. The lowest BCUT2D eigenvalue weighted by Crippen LogP contribution is -2.25. The maximum absolute atomic E-state index is 12.1. The fourth-order valence-electron chi connectivity index (χ4n) is 1.93. The van der Waals surface area contributed by atoms with E-state index in [1.165, 1.54) is 6.92 Å². The number of rotatable bonds is 9. The smallest absolute Gasteiger partial charge is 0.407 e. The Morgan fingerprint density at radius 2 is 1.96 bits per heavy atom. The number of unbranched alkanes of at least 4 members (excludes halogenated alkanes) is 1. The SMILES string of the molecule is CCCCNC(=O)OCCCC(=O)c1cccc(NC(C)=O)c1. The Bertz CT molecular complexity index is 543. The highest BCUT2D eigenvalue weighted by Crippen LogP contribution is 2.13. The van der Waals surface area contributed by atoms with Crippen LogP contribution in [0.2, 0.25) is 0 Å². The molecule has 0 saturated heterocycles. The quantitative estimate of drug-likeness (QED) is 0.541. The molecule has 0 spiro atoms. The molecular weight excluding hydrogens is 296 g/mol. The molecule has 6 nitrogen and oxygen atoms in total. The van der Waals surface area contributed by atoms with Gasteiger partial charge in [-0.15, -0.1) is 0 Å². The minimum atomic E-state index is -0.446. The van der Waals surface area contributed by atoms with E-state index < -0.39 is 6.09 Å². The van der Waals surface area contributed by atoms with Gasteiger partial charge in [0.05, 0.1) is 6.61 Å². The van der Waals surface area contributed by atoms with Crippen molar-refractivity contribution in [3.63, 3.8) is 0 Å². The number of benzene rings is 1. The summed E-state index contributed by atoms with van der Waals surface area (Å²) in [6.45, 7) is 4.26. The maximum atomic E-state index is 12.1. The number of ketones is 1. The number of carbonyl (C=O) groups excluding carboxylic acids is 3. The summed E-state index contributed by atoms with van der Waals surface area (Å²) in [5, 5.41) is 5.28. The van der Waals surface area contributed by atoms with Crippen LogP contribution in [-0.2, 0) is 9.53 Å². The zero-order valence-electron chi connectivity index (χ0n) is 13.7. The van der Waals surface area contributed by atoms with Gasteiger partial charge in [-0.2, -0.15) is 0 Å². The lowest BCUT2D eigenvalue weighted by Gasteiger charge is -2.07. The number of hydrogen-bond donors (Lipinski definition) is 2. The van der Waals surface area contributed by atoms with Gasteiger partial charge < -0.3 is 15.4 Å². The second kappa shape index (κ2) is 10.4. The number of nitrogens with one attached hydrogen (secondary N) is 2. The van der Waals surface area contributed by atoms with Crippen molar-refractivity contribution in [1.82, 2.24) is 5.32 Å². The summed E-state index contributed by atoms with van der Waals surface area (Å²) in [6.07, 6.45) is 2.22. The molecule has 0 saturated carbocycles. The van der Waals surface area contributed by atoms with Crippen LogP contribution >= 0.6 is 0 Å². The van der Waals surface area contributed by atoms with Gasteiger partial charge in [-0.3, -0.25) is 9.59 Å². The van der Waals surface area contributed by atoms with Crippen LogP contribution in [0.5, 0.6) is 0 Å². The largest absolute Gasteiger partial charge is 0.450 e. The van der Waals surface area contributed by atoms with Crippen LogP contribution in [0.25, 0.3) is 0 Å². The molecule has 1 aromatic rings. The molecule has 0 unspecified atom stereocenters. The van der Waals surface area contributed by atoms with E-state index in [1.54, 1.807) is 24.3 Å². The van der Waals surface area contributed by atoms with Crippen molar-refractivity contribution in [1.29, 1.82) is 0 Å². The molecule has 1 rings (SSSR count). The number of alkyl carbamates (subject to hydrolysis) is 1. The molecule has 0 aromatic heterocycles. The van der Waals surface area contributed by atoms with Gasteiger partial charge in [0.15, 0.2) is 5.78 Å². The average Bonchev–Trinajstić information content (AvgIpc) is 2.51. The number of hydrogen-bond acceptors (Lipinski definition) is 4. The van der Waals surface area contributed by atoms with Crippen LogP contribution in [0.15, 0.2) is 24.3 Å². The fraction of sp³-hybridized carbons (Fsp3) is 0.471. The number of anilines is 1. The second-order valence-electron chi connectivity index (χ2n) is 5.20. The van der Waals surface area contributed by atoms with E-state index in [0.717, 1.165) is 12.8 Å². The second-order valence-corrected chi connectivity index (χ2v) is 5.20. The first kappa shape index (κ1) is 18.7. The van der Waals surface area contributed by atoms with E-state index in [9.17, 15) is 14.4 Å². The molecule has 1 aromatic carbocycles. The maximum Gasteiger partial charge on any atom is 0.407 e. The van der Waals surface area contributed by atoms with Gasteiger partial charge in [-0.1, -0.05) is 25.5 Å². The normalized spacial score (nSPS) is 10.0. The third-order valence-corrected chi connectivity index (χ3v) is 3.09. The first-order valence-corrected chi connectivity index (χ1v) is 7.84. The zero-order valence-corrected chi connectivity index (χ0v) is 13.7. The monoisotopic (exact) mass is 320 g/mol. The molecule has 2 N–H and O–H groups in total.